The smallest absolute Gasteiger partial charge is 0.270 e. The van der Waals surface area contributed by atoms with Crippen LogP contribution < -0.4 is 4.90 Å². The minimum atomic E-state index is -0.176. The average Bonchev–Trinajstić information content (AvgIpc) is 3.10. The Morgan fingerprint density at radius 3 is 2.68 bits per heavy atom. The molecule has 22 heavy (non-hydrogen) atoms. The zero-order valence-corrected chi connectivity index (χ0v) is 12.9. The lowest BCUT2D eigenvalue weighted by Gasteiger charge is -2.14. The summed E-state index contributed by atoms with van der Waals surface area (Å²) in [7, 11) is 0. The van der Waals surface area contributed by atoms with E-state index in [2.05, 4.69) is 0 Å². The number of phenolic OH excluding ortho intramolecular Hbond substituents is 1. The van der Waals surface area contributed by atoms with Crippen molar-refractivity contribution < 1.29 is 14.3 Å². The van der Waals surface area contributed by atoms with Gasteiger partial charge < -0.3 is 9.52 Å². The number of anilines is 1. The Kier molecular flexibility index (Phi) is 4.13. The van der Waals surface area contributed by atoms with Gasteiger partial charge in [0, 0.05) is 0 Å². The van der Waals surface area contributed by atoms with Gasteiger partial charge in [-0.2, -0.15) is 0 Å². The van der Waals surface area contributed by atoms with Crippen molar-refractivity contribution in [3.63, 3.8) is 0 Å². The standard InChI is InChI=1S/C16H11NO3S2/c18-12-8-6-11(7-9-12)17-15(19)14(22-16(17)21)5-1-3-13-4-2-10-20-13/h1-10,18H/b3-1+,14-5+. The summed E-state index contributed by atoms with van der Waals surface area (Å²) in [6, 6.07) is 9.97. The first-order valence-corrected chi connectivity index (χ1v) is 7.65. The molecule has 110 valence electrons. The Labute approximate surface area is 136 Å². The number of rotatable bonds is 3. The molecule has 1 fully saturated rings. The SMILES string of the molecule is O=C1/C(=C\C=C\c2ccco2)SC(=S)N1c1ccc(O)cc1. The second-order valence-corrected chi connectivity index (χ2v) is 6.11. The molecule has 1 saturated heterocycles. The van der Waals surface area contributed by atoms with E-state index in [9.17, 15) is 9.90 Å². The lowest BCUT2D eigenvalue weighted by atomic mass is 10.2. The van der Waals surface area contributed by atoms with E-state index in [0.717, 1.165) is 0 Å². The van der Waals surface area contributed by atoms with Crippen molar-refractivity contribution >= 4 is 46.0 Å². The molecule has 1 N–H and O–H groups in total. The molecule has 0 saturated carbocycles. The van der Waals surface area contributed by atoms with Gasteiger partial charge in [-0.3, -0.25) is 9.69 Å². The summed E-state index contributed by atoms with van der Waals surface area (Å²) < 4.78 is 5.65. The van der Waals surface area contributed by atoms with Gasteiger partial charge >= 0.3 is 0 Å². The number of hydrogen-bond donors (Lipinski definition) is 1. The number of carbonyl (C=O) groups excluding carboxylic acids is 1. The van der Waals surface area contributed by atoms with Crippen molar-refractivity contribution in [3.8, 4) is 5.75 Å². The summed E-state index contributed by atoms with van der Waals surface area (Å²) >= 11 is 6.50. The number of thiocarbonyl (C=S) groups is 1. The minimum absolute atomic E-state index is 0.145. The Bertz CT molecular complexity index is 761. The van der Waals surface area contributed by atoms with E-state index in [1.807, 2.05) is 6.07 Å². The third-order valence-corrected chi connectivity index (χ3v) is 4.27. The van der Waals surface area contributed by atoms with E-state index in [4.69, 9.17) is 16.6 Å². The number of furan rings is 1. The molecule has 0 aliphatic carbocycles. The summed E-state index contributed by atoms with van der Waals surface area (Å²) in [5.74, 6) is 0.682. The van der Waals surface area contributed by atoms with E-state index in [0.29, 0.717) is 20.7 Å². The van der Waals surface area contributed by atoms with Gasteiger partial charge in [0.15, 0.2) is 4.32 Å². The predicted molar refractivity (Wildman–Crippen MR) is 91.6 cm³/mol. The third kappa shape index (κ3) is 2.98. The number of hydrogen-bond acceptors (Lipinski definition) is 5. The Morgan fingerprint density at radius 1 is 1.23 bits per heavy atom. The fourth-order valence-electron chi connectivity index (χ4n) is 1.92. The molecule has 3 rings (SSSR count). The molecule has 1 aliphatic heterocycles. The van der Waals surface area contributed by atoms with E-state index < -0.39 is 0 Å². The monoisotopic (exact) mass is 329 g/mol. The first-order valence-electron chi connectivity index (χ1n) is 6.42. The van der Waals surface area contributed by atoms with Gasteiger partial charge in [-0.05, 0) is 48.6 Å². The average molecular weight is 329 g/mol. The van der Waals surface area contributed by atoms with Crippen molar-refractivity contribution in [1.82, 2.24) is 0 Å². The number of thioether (sulfide) groups is 1. The second kappa shape index (κ2) is 6.21. The molecule has 0 bridgehead atoms. The number of allylic oxidation sites excluding steroid dienone is 2. The number of phenols is 1. The van der Waals surface area contributed by atoms with Crippen LogP contribution in [0.1, 0.15) is 5.76 Å². The maximum atomic E-state index is 12.4. The molecule has 1 aromatic heterocycles. The van der Waals surface area contributed by atoms with Gasteiger partial charge in [0.1, 0.15) is 11.5 Å². The van der Waals surface area contributed by atoms with Gasteiger partial charge in [-0.25, -0.2) is 0 Å². The molecule has 0 atom stereocenters. The highest BCUT2D eigenvalue weighted by Gasteiger charge is 2.32. The number of amides is 1. The molecule has 1 amide bonds. The van der Waals surface area contributed by atoms with Crippen molar-refractivity contribution in [2.24, 2.45) is 0 Å². The van der Waals surface area contributed by atoms with Crippen LogP contribution in [-0.4, -0.2) is 15.3 Å². The van der Waals surface area contributed by atoms with Crippen LogP contribution in [0.4, 0.5) is 5.69 Å². The van der Waals surface area contributed by atoms with Crippen LogP contribution in [0.2, 0.25) is 0 Å². The fourth-order valence-corrected chi connectivity index (χ4v) is 3.17. The Morgan fingerprint density at radius 2 is 2.00 bits per heavy atom. The van der Waals surface area contributed by atoms with Gasteiger partial charge in [-0.1, -0.05) is 30.1 Å². The molecule has 2 heterocycles. The molecule has 1 aromatic carbocycles. The number of benzene rings is 1. The van der Waals surface area contributed by atoms with Crippen molar-refractivity contribution in [3.05, 3.63) is 65.5 Å². The maximum absolute atomic E-state index is 12.4. The van der Waals surface area contributed by atoms with Crippen LogP contribution in [0.25, 0.3) is 6.08 Å². The second-order valence-electron chi connectivity index (χ2n) is 4.43. The number of carbonyl (C=O) groups is 1. The molecule has 6 heteroatoms. The van der Waals surface area contributed by atoms with Gasteiger partial charge in [0.2, 0.25) is 0 Å². The molecule has 0 unspecified atom stereocenters. The fraction of sp³-hybridized carbons (Fsp3) is 0. The normalized spacial score (nSPS) is 17.1. The lowest BCUT2D eigenvalue weighted by molar-refractivity contribution is -0.113. The van der Waals surface area contributed by atoms with E-state index in [1.54, 1.807) is 42.7 Å². The molecular weight excluding hydrogens is 318 g/mol. The van der Waals surface area contributed by atoms with Crippen LogP contribution in [0.15, 0.2) is 64.1 Å². The summed E-state index contributed by atoms with van der Waals surface area (Å²) in [6.45, 7) is 0. The summed E-state index contributed by atoms with van der Waals surface area (Å²) in [4.78, 5) is 14.4. The zero-order chi connectivity index (χ0) is 15.5. The molecule has 4 nitrogen and oxygen atoms in total. The van der Waals surface area contributed by atoms with Gasteiger partial charge in [-0.15, -0.1) is 0 Å². The first kappa shape index (κ1) is 14.6. The molecular formula is C16H11NO3S2. The van der Waals surface area contributed by atoms with Crippen molar-refractivity contribution in [1.29, 1.82) is 0 Å². The van der Waals surface area contributed by atoms with Crippen LogP contribution in [0, 0.1) is 0 Å². The number of aromatic hydroxyl groups is 1. The van der Waals surface area contributed by atoms with Gasteiger partial charge in [0.25, 0.3) is 5.91 Å². The van der Waals surface area contributed by atoms with Crippen LogP contribution >= 0.6 is 24.0 Å². The van der Waals surface area contributed by atoms with Crippen LogP contribution in [0.5, 0.6) is 5.75 Å². The third-order valence-electron chi connectivity index (χ3n) is 2.95. The minimum Gasteiger partial charge on any atom is -0.508 e. The summed E-state index contributed by atoms with van der Waals surface area (Å²) in [5, 5.41) is 9.32. The molecule has 2 aromatic rings. The molecule has 0 radical (unpaired) electrons. The van der Waals surface area contributed by atoms with E-state index >= 15 is 0 Å². The number of nitrogens with zero attached hydrogens (tertiary/aromatic N) is 1. The summed E-state index contributed by atoms with van der Waals surface area (Å²) in [6.07, 6.45) is 6.82. The highest BCUT2D eigenvalue weighted by Crippen LogP contribution is 2.35. The highest BCUT2D eigenvalue weighted by atomic mass is 32.2. The lowest BCUT2D eigenvalue weighted by Crippen LogP contribution is -2.27. The molecule has 1 aliphatic rings. The summed E-state index contributed by atoms with van der Waals surface area (Å²) in [5.41, 5.74) is 0.638. The zero-order valence-electron chi connectivity index (χ0n) is 11.3. The van der Waals surface area contributed by atoms with E-state index in [1.165, 1.54) is 28.8 Å². The Balaban J connectivity index is 1.80. The predicted octanol–water partition coefficient (Wildman–Crippen LogP) is 3.95. The van der Waals surface area contributed by atoms with Crippen LogP contribution in [0.3, 0.4) is 0 Å². The van der Waals surface area contributed by atoms with Crippen LogP contribution in [-0.2, 0) is 4.79 Å². The Hall–Kier alpha value is -2.31. The first-order chi connectivity index (χ1) is 10.6. The largest absolute Gasteiger partial charge is 0.508 e. The van der Waals surface area contributed by atoms with Crippen molar-refractivity contribution in [2.45, 2.75) is 0 Å². The highest BCUT2D eigenvalue weighted by molar-refractivity contribution is 8.27. The quantitative estimate of drug-likeness (QED) is 0.682. The van der Waals surface area contributed by atoms with E-state index in [-0.39, 0.29) is 11.7 Å². The van der Waals surface area contributed by atoms with Crippen molar-refractivity contribution in [2.75, 3.05) is 4.90 Å². The topological polar surface area (TPSA) is 53.7 Å². The molecule has 0 spiro atoms. The maximum Gasteiger partial charge on any atom is 0.270 e. The van der Waals surface area contributed by atoms with Gasteiger partial charge in [0.05, 0.1) is 16.9 Å².